The molecule has 1 aromatic carbocycles. The zero-order chi connectivity index (χ0) is 15.4. The molecule has 2 aromatic rings. The average Bonchev–Trinajstić information content (AvgIpc) is 2.96. The SMILES string of the molecule is CCc1nc(C(C)NC(=O)c2ccc(C(=O)O)cc2)cs1. The molecule has 1 aromatic heterocycles. The van der Waals surface area contributed by atoms with Gasteiger partial charge in [0.2, 0.25) is 0 Å². The molecule has 0 spiro atoms. The van der Waals surface area contributed by atoms with Crippen LogP contribution in [-0.4, -0.2) is 22.0 Å². The van der Waals surface area contributed by atoms with Crippen LogP contribution in [0.25, 0.3) is 0 Å². The summed E-state index contributed by atoms with van der Waals surface area (Å²) in [4.78, 5) is 27.3. The first kappa shape index (κ1) is 15.2. The number of thiazole rings is 1. The molecule has 5 nitrogen and oxygen atoms in total. The lowest BCUT2D eigenvalue weighted by atomic mass is 10.1. The van der Waals surface area contributed by atoms with Crippen LogP contribution in [0.15, 0.2) is 29.6 Å². The second-order valence-electron chi connectivity index (χ2n) is 4.60. The number of amides is 1. The number of aryl methyl sites for hydroxylation is 1. The van der Waals surface area contributed by atoms with Crippen molar-refractivity contribution in [3.8, 4) is 0 Å². The minimum absolute atomic E-state index is 0.159. The molecule has 0 aliphatic rings. The van der Waals surface area contributed by atoms with Crippen LogP contribution in [0.4, 0.5) is 0 Å². The van der Waals surface area contributed by atoms with Gasteiger partial charge in [-0.25, -0.2) is 9.78 Å². The first-order valence-corrected chi connectivity index (χ1v) is 7.47. The first-order chi connectivity index (χ1) is 10.0. The van der Waals surface area contributed by atoms with E-state index in [0.717, 1.165) is 17.1 Å². The average molecular weight is 304 g/mol. The number of carboxylic acid groups (broad SMARTS) is 1. The lowest BCUT2D eigenvalue weighted by Crippen LogP contribution is -2.26. The molecule has 0 aliphatic carbocycles. The molecule has 0 radical (unpaired) electrons. The maximum absolute atomic E-state index is 12.1. The van der Waals surface area contributed by atoms with E-state index in [1.165, 1.54) is 24.3 Å². The van der Waals surface area contributed by atoms with Gasteiger partial charge in [-0.1, -0.05) is 6.92 Å². The Morgan fingerprint density at radius 2 is 1.90 bits per heavy atom. The van der Waals surface area contributed by atoms with Crippen LogP contribution >= 0.6 is 11.3 Å². The molecule has 0 saturated carbocycles. The van der Waals surface area contributed by atoms with E-state index in [2.05, 4.69) is 10.3 Å². The van der Waals surface area contributed by atoms with Gasteiger partial charge in [0.15, 0.2) is 0 Å². The molecule has 1 atom stereocenters. The number of carboxylic acids is 1. The molecule has 1 unspecified atom stereocenters. The van der Waals surface area contributed by atoms with Gasteiger partial charge in [0.25, 0.3) is 5.91 Å². The fraction of sp³-hybridized carbons (Fsp3) is 0.267. The van der Waals surface area contributed by atoms with E-state index in [-0.39, 0.29) is 17.5 Å². The smallest absolute Gasteiger partial charge is 0.335 e. The molecular formula is C15H16N2O3S. The Balaban J connectivity index is 2.04. The quantitative estimate of drug-likeness (QED) is 0.890. The van der Waals surface area contributed by atoms with Crippen molar-refractivity contribution in [3.05, 3.63) is 51.5 Å². The number of nitrogens with one attached hydrogen (secondary N) is 1. The van der Waals surface area contributed by atoms with E-state index in [1.807, 2.05) is 19.2 Å². The summed E-state index contributed by atoms with van der Waals surface area (Å²) in [7, 11) is 0. The highest BCUT2D eigenvalue weighted by molar-refractivity contribution is 7.09. The number of carbonyl (C=O) groups excluding carboxylic acids is 1. The highest BCUT2D eigenvalue weighted by atomic mass is 32.1. The number of hydrogen-bond acceptors (Lipinski definition) is 4. The van der Waals surface area contributed by atoms with Crippen molar-refractivity contribution >= 4 is 23.2 Å². The van der Waals surface area contributed by atoms with Crippen LogP contribution in [0.5, 0.6) is 0 Å². The number of benzene rings is 1. The summed E-state index contributed by atoms with van der Waals surface area (Å²) in [6, 6.07) is 5.65. The van der Waals surface area contributed by atoms with Crippen molar-refractivity contribution in [1.82, 2.24) is 10.3 Å². The molecule has 0 saturated heterocycles. The number of aromatic nitrogens is 1. The van der Waals surface area contributed by atoms with Crippen LogP contribution in [0.1, 0.15) is 51.3 Å². The van der Waals surface area contributed by atoms with E-state index in [0.29, 0.717) is 5.56 Å². The van der Waals surface area contributed by atoms with Gasteiger partial charge < -0.3 is 10.4 Å². The largest absolute Gasteiger partial charge is 0.478 e. The standard InChI is InChI=1S/C15H16N2O3S/c1-3-13-17-12(8-21-13)9(2)16-14(18)10-4-6-11(7-5-10)15(19)20/h4-9H,3H2,1-2H3,(H,16,18)(H,19,20). The molecule has 0 fully saturated rings. The molecule has 2 N–H and O–H groups in total. The van der Waals surface area contributed by atoms with Gasteiger partial charge in [-0.05, 0) is 37.6 Å². The van der Waals surface area contributed by atoms with Gasteiger partial charge in [-0.2, -0.15) is 0 Å². The van der Waals surface area contributed by atoms with Gasteiger partial charge in [-0.3, -0.25) is 4.79 Å². The third-order valence-electron chi connectivity index (χ3n) is 3.06. The molecule has 6 heteroatoms. The lowest BCUT2D eigenvalue weighted by Gasteiger charge is -2.11. The normalized spacial score (nSPS) is 11.9. The van der Waals surface area contributed by atoms with E-state index in [4.69, 9.17) is 5.11 Å². The van der Waals surface area contributed by atoms with E-state index in [9.17, 15) is 9.59 Å². The van der Waals surface area contributed by atoms with Crippen molar-refractivity contribution < 1.29 is 14.7 Å². The maximum Gasteiger partial charge on any atom is 0.335 e. The van der Waals surface area contributed by atoms with Gasteiger partial charge in [0, 0.05) is 10.9 Å². The lowest BCUT2D eigenvalue weighted by molar-refractivity contribution is 0.0696. The molecule has 1 heterocycles. The number of nitrogens with zero attached hydrogens (tertiary/aromatic N) is 1. The van der Waals surface area contributed by atoms with Gasteiger partial charge in [0.1, 0.15) is 0 Å². The zero-order valence-corrected chi connectivity index (χ0v) is 12.6. The first-order valence-electron chi connectivity index (χ1n) is 6.59. The summed E-state index contributed by atoms with van der Waals surface area (Å²) in [6.45, 7) is 3.91. The van der Waals surface area contributed by atoms with Crippen LogP contribution in [0, 0.1) is 0 Å². The Bertz CT molecular complexity index is 649. The fourth-order valence-electron chi connectivity index (χ4n) is 1.80. The third-order valence-corrected chi connectivity index (χ3v) is 4.07. The molecule has 0 aliphatic heterocycles. The molecule has 1 amide bonds. The monoisotopic (exact) mass is 304 g/mol. The second kappa shape index (κ2) is 6.49. The summed E-state index contributed by atoms with van der Waals surface area (Å²) < 4.78 is 0. The fourth-order valence-corrected chi connectivity index (χ4v) is 2.64. The Morgan fingerprint density at radius 1 is 1.29 bits per heavy atom. The van der Waals surface area contributed by atoms with E-state index >= 15 is 0 Å². The minimum atomic E-state index is -1.01. The predicted octanol–water partition coefficient (Wildman–Crippen LogP) is 2.89. The third kappa shape index (κ3) is 3.66. The molecule has 0 bridgehead atoms. The van der Waals surface area contributed by atoms with Crippen LogP contribution < -0.4 is 5.32 Å². The van der Waals surface area contributed by atoms with Crippen molar-refractivity contribution in [2.24, 2.45) is 0 Å². The number of hydrogen-bond donors (Lipinski definition) is 2. The van der Waals surface area contributed by atoms with Crippen molar-refractivity contribution in [2.45, 2.75) is 26.3 Å². The van der Waals surface area contributed by atoms with Crippen molar-refractivity contribution in [2.75, 3.05) is 0 Å². The summed E-state index contributed by atoms with van der Waals surface area (Å²) >= 11 is 1.58. The van der Waals surface area contributed by atoms with Crippen molar-refractivity contribution in [1.29, 1.82) is 0 Å². The van der Waals surface area contributed by atoms with Crippen LogP contribution in [0.2, 0.25) is 0 Å². The number of carbonyl (C=O) groups is 2. The molecule has 21 heavy (non-hydrogen) atoms. The van der Waals surface area contributed by atoms with Gasteiger partial charge in [0.05, 0.1) is 22.3 Å². The Hall–Kier alpha value is -2.21. The number of rotatable bonds is 5. The molecule has 110 valence electrons. The molecule has 2 rings (SSSR count). The minimum Gasteiger partial charge on any atom is -0.478 e. The zero-order valence-electron chi connectivity index (χ0n) is 11.8. The van der Waals surface area contributed by atoms with Crippen LogP contribution in [0.3, 0.4) is 0 Å². The Morgan fingerprint density at radius 3 is 2.43 bits per heavy atom. The summed E-state index contributed by atoms with van der Waals surface area (Å²) in [5, 5.41) is 14.7. The maximum atomic E-state index is 12.1. The van der Waals surface area contributed by atoms with Crippen LogP contribution in [-0.2, 0) is 6.42 Å². The van der Waals surface area contributed by atoms with Gasteiger partial charge >= 0.3 is 5.97 Å². The summed E-state index contributed by atoms with van der Waals surface area (Å²) in [5.74, 6) is -1.25. The van der Waals surface area contributed by atoms with Crippen molar-refractivity contribution in [3.63, 3.8) is 0 Å². The highest BCUT2D eigenvalue weighted by Gasteiger charge is 2.14. The van der Waals surface area contributed by atoms with E-state index < -0.39 is 5.97 Å². The highest BCUT2D eigenvalue weighted by Crippen LogP contribution is 2.17. The summed E-state index contributed by atoms with van der Waals surface area (Å²) in [6.07, 6.45) is 0.877. The predicted molar refractivity (Wildman–Crippen MR) is 80.8 cm³/mol. The number of aromatic carboxylic acids is 1. The summed E-state index contributed by atoms with van der Waals surface area (Å²) in [5.41, 5.74) is 1.43. The van der Waals surface area contributed by atoms with Gasteiger partial charge in [-0.15, -0.1) is 11.3 Å². The Kier molecular flexibility index (Phi) is 4.70. The topological polar surface area (TPSA) is 79.3 Å². The molecular weight excluding hydrogens is 288 g/mol. The van der Waals surface area contributed by atoms with E-state index in [1.54, 1.807) is 11.3 Å². The Labute approximate surface area is 126 Å². The second-order valence-corrected chi connectivity index (χ2v) is 5.54.